The van der Waals surface area contributed by atoms with Crippen molar-refractivity contribution >= 4 is 11.9 Å². The molecule has 0 radical (unpaired) electrons. The molecule has 2 aliphatic heterocycles. The minimum Gasteiger partial charge on any atom is -0.475 e. The monoisotopic (exact) mass is 436 g/mol. The van der Waals surface area contributed by atoms with Crippen molar-refractivity contribution in [2.24, 2.45) is 5.41 Å². The van der Waals surface area contributed by atoms with Gasteiger partial charge in [-0.3, -0.25) is 9.69 Å². The summed E-state index contributed by atoms with van der Waals surface area (Å²) in [6.45, 7) is 6.58. The molecule has 2 aliphatic rings. The van der Waals surface area contributed by atoms with Gasteiger partial charge in [-0.05, 0) is 18.9 Å². The number of halogens is 3. The van der Waals surface area contributed by atoms with Crippen LogP contribution >= 0.6 is 0 Å². The zero-order chi connectivity index (χ0) is 22.2. The third-order valence-electron chi connectivity index (χ3n) is 5.09. The summed E-state index contributed by atoms with van der Waals surface area (Å²) in [5, 5.41) is 7.12. The van der Waals surface area contributed by atoms with E-state index in [-0.39, 0.29) is 11.3 Å². The number of methoxy groups -OCH3 is 1. The lowest BCUT2D eigenvalue weighted by atomic mass is 9.80. The van der Waals surface area contributed by atoms with Gasteiger partial charge in [0.15, 0.2) is 0 Å². The van der Waals surface area contributed by atoms with E-state index in [4.69, 9.17) is 23.8 Å². The Morgan fingerprint density at radius 1 is 1.30 bits per heavy atom. The highest BCUT2D eigenvalue weighted by Gasteiger charge is 2.40. The molecular weight excluding hydrogens is 409 g/mol. The Morgan fingerprint density at radius 3 is 2.63 bits per heavy atom. The van der Waals surface area contributed by atoms with Gasteiger partial charge in [0, 0.05) is 45.2 Å². The first-order valence-corrected chi connectivity index (χ1v) is 9.57. The number of likely N-dealkylation sites (tertiary alicyclic amines) is 1. The number of alkyl halides is 3. The van der Waals surface area contributed by atoms with Crippen molar-refractivity contribution in [3.8, 4) is 0 Å². The molecule has 1 atom stereocenters. The summed E-state index contributed by atoms with van der Waals surface area (Å²) in [5.74, 6) is -2.70. The molecule has 1 unspecified atom stereocenters. The summed E-state index contributed by atoms with van der Waals surface area (Å²) < 4.78 is 47.9. The van der Waals surface area contributed by atoms with Crippen molar-refractivity contribution < 1.29 is 41.8 Å². The molecule has 0 aliphatic carbocycles. The van der Waals surface area contributed by atoms with Crippen LogP contribution in [0.25, 0.3) is 0 Å². The maximum absolute atomic E-state index is 12.6. The highest BCUT2D eigenvalue weighted by Crippen LogP contribution is 2.33. The van der Waals surface area contributed by atoms with Crippen LogP contribution in [-0.4, -0.2) is 92.6 Å². The first kappa shape index (κ1) is 24.2. The summed E-state index contributed by atoms with van der Waals surface area (Å²) >= 11 is 0. The second kappa shape index (κ2) is 10.8. The van der Waals surface area contributed by atoms with Crippen molar-refractivity contribution in [2.45, 2.75) is 19.0 Å². The predicted molar refractivity (Wildman–Crippen MR) is 99.1 cm³/mol. The number of ether oxygens (including phenoxy) is 2. The van der Waals surface area contributed by atoms with Crippen LogP contribution < -0.4 is 0 Å². The molecule has 1 amide bonds. The number of furan rings is 1. The highest BCUT2D eigenvalue weighted by molar-refractivity contribution is 5.93. The molecule has 170 valence electrons. The van der Waals surface area contributed by atoms with E-state index in [1.54, 1.807) is 19.4 Å². The number of carbonyl (C=O) groups is 2. The number of nitrogens with zero attached hydrogens (tertiary/aromatic N) is 2. The second-order valence-corrected chi connectivity index (χ2v) is 7.47. The number of hydrogen-bond donors (Lipinski definition) is 1. The third-order valence-corrected chi connectivity index (χ3v) is 5.09. The van der Waals surface area contributed by atoms with Crippen LogP contribution in [0.1, 0.15) is 23.2 Å². The van der Waals surface area contributed by atoms with Gasteiger partial charge >= 0.3 is 12.1 Å². The molecule has 30 heavy (non-hydrogen) atoms. The zero-order valence-electron chi connectivity index (χ0n) is 16.8. The second-order valence-electron chi connectivity index (χ2n) is 7.47. The highest BCUT2D eigenvalue weighted by atomic mass is 19.4. The Bertz CT molecular complexity index is 682. The molecule has 11 heteroatoms. The third kappa shape index (κ3) is 6.99. The van der Waals surface area contributed by atoms with E-state index >= 15 is 0 Å². The van der Waals surface area contributed by atoms with Crippen LogP contribution in [0.3, 0.4) is 0 Å². The number of aliphatic carboxylic acids is 1. The van der Waals surface area contributed by atoms with Crippen molar-refractivity contribution in [3.63, 3.8) is 0 Å². The molecule has 3 rings (SSSR count). The van der Waals surface area contributed by atoms with E-state index in [0.717, 1.165) is 65.4 Å². The molecule has 8 nitrogen and oxygen atoms in total. The maximum atomic E-state index is 12.6. The van der Waals surface area contributed by atoms with Crippen molar-refractivity contribution in [2.75, 3.05) is 59.7 Å². The van der Waals surface area contributed by atoms with Crippen LogP contribution in [0.4, 0.5) is 13.2 Å². The summed E-state index contributed by atoms with van der Waals surface area (Å²) in [4.78, 5) is 25.9. The van der Waals surface area contributed by atoms with E-state index in [9.17, 15) is 18.0 Å². The topological polar surface area (TPSA) is 92.5 Å². The van der Waals surface area contributed by atoms with Crippen molar-refractivity contribution in [3.05, 3.63) is 24.2 Å². The van der Waals surface area contributed by atoms with Gasteiger partial charge in [0.1, 0.15) is 6.26 Å². The van der Waals surface area contributed by atoms with E-state index in [1.807, 2.05) is 4.90 Å². The number of carboxylic acids is 1. The van der Waals surface area contributed by atoms with Gasteiger partial charge in [-0.1, -0.05) is 0 Å². The minimum atomic E-state index is -5.08. The molecule has 3 heterocycles. The van der Waals surface area contributed by atoms with Gasteiger partial charge in [0.25, 0.3) is 5.91 Å². The Morgan fingerprint density at radius 2 is 2.03 bits per heavy atom. The van der Waals surface area contributed by atoms with E-state index in [0.29, 0.717) is 5.56 Å². The lowest BCUT2D eigenvalue weighted by Gasteiger charge is -2.43. The number of piperidine rings is 1. The zero-order valence-corrected chi connectivity index (χ0v) is 16.8. The number of rotatable bonds is 4. The Hall–Kier alpha value is -2.11. The molecule has 0 saturated carbocycles. The number of hydrogen-bond acceptors (Lipinski definition) is 6. The number of amides is 1. The van der Waals surface area contributed by atoms with E-state index < -0.39 is 12.1 Å². The fourth-order valence-electron chi connectivity index (χ4n) is 3.69. The molecule has 1 aromatic rings. The van der Waals surface area contributed by atoms with Crippen LogP contribution in [0, 0.1) is 5.41 Å². The number of carboxylic acid groups (broad SMARTS) is 1. The van der Waals surface area contributed by atoms with Gasteiger partial charge < -0.3 is 23.9 Å². The lowest BCUT2D eigenvalue weighted by molar-refractivity contribution is -0.192. The molecule has 2 fully saturated rings. The largest absolute Gasteiger partial charge is 0.490 e. The van der Waals surface area contributed by atoms with Gasteiger partial charge in [-0.15, -0.1) is 0 Å². The maximum Gasteiger partial charge on any atom is 0.490 e. The molecule has 1 N–H and O–H groups in total. The molecule has 2 saturated heterocycles. The first-order valence-electron chi connectivity index (χ1n) is 9.57. The standard InChI is InChI=1S/C17H26N2O4.C2HF3O2/c1-21-9-6-18-7-10-23-14-17(12-18)4-2-5-19(13-17)16(20)15-3-8-22-11-15;3-2(4,5)1(6)7/h3,8,11H,2,4-7,9-10,12-14H2,1H3;(H,6,7). The van der Waals surface area contributed by atoms with Gasteiger partial charge in [0.2, 0.25) is 0 Å². The Labute approximate surface area is 172 Å². The Kier molecular flexibility index (Phi) is 8.68. The molecule has 1 aromatic heterocycles. The van der Waals surface area contributed by atoms with Gasteiger partial charge in [-0.25, -0.2) is 4.79 Å². The summed E-state index contributed by atoms with van der Waals surface area (Å²) in [7, 11) is 1.73. The summed E-state index contributed by atoms with van der Waals surface area (Å²) in [5.41, 5.74) is 0.662. The fraction of sp³-hybridized carbons (Fsp3) is 0.684. The lowest BCUT2D eigenvalue weighted by Crippen LogP contribution is -2.52. The van der Waals surface area contributed by atoms with Crippen LogP contribution in [0.5, 0.6) is 0 Å². The molecule has 0 aromatic carbocycles. The van der Waals surface area contributed by atoms with Gasteiger partial charge in [0.05, 0.1) is 31.6 Å². The van der Waals surface area contributed by atoms with Gasteiger partial charge in [-0.2, -0.15) is 13.2 Å². The van der Waals surface area contributed by atoms with Crippen molar-refractivity contribution in [1.82, 2.24) is 9.80 Å². The van der Waals surface area contributed by atoms with E-state index in [2.05, 4.69) is 4.90 Å². The summed E-state index contributed by atoms with van der Waals surface area (Å²) in [6, 6.07) is 1.73. The predicted octanol–water partition coefficient (Wildman–Crippen LogP) is 2.11. The smallest absolute Gasteiger partial charge is 0.475 e. The van der Waals surface area contributed by atoms with Crippen LogP contribution in [-0.2, 0) is 14.3 Å². The fourth-order valence-corrected chi connectivity index (χ4v) is 3.69. The summed E-state index contributed by atoms with van der Waals surface area (Å²) in [6.07, 6.45) is 0.114. The van der Waals surface area contributed by atoms with Crippen LogP contribution in [0.2, 0.25) is 0 Å². The minimum absolute atomic E-state index is 0.0296. The SMILES string of the molecule is COCCN1CCOCC2(CCCN(C(=O)c3ccoc3)C2)C1.O=C(O)C(F)(F)F. The molecular formula is C19H27F3N2O6. The first-order chi connectivity index (χ1) is 14.2. The average Bonchev–Trinajstić information content (AvgIpc) is 3.16. The number of carbonyl (C=O) groups excluding carboxylic acids is 1. The molecule has 1 spiro atoms. The van der Waals surface area contributed by atoms with Crippen molar-refractivity contribution in [1.29, 1.82) is 0 Å². The normalized spacial score (nSPS) is 22.9. The Balaban J connectivity index is 0.000000396. The van der Waals surface area contributed by atoms with E-state index in [1.165, 1.54) is 6.26 Å². The molecule has 0 bridgehead atoms. The quantitative estimate of drug-likeness (QED) is 0.773. The van der Waals surface area contributed by atoms with Crippen LogP contribution in [0.15, 0.2) is 23.0 Å². The average molecular weight is 436 g/mol.